The molecule has 0 unspecified atom stereocenters. The quantitative estimate of drug-likeness (QED) is 0.325. The van der Waals surface area contributed by atoms with Gasteiger partial charge in [-0.1, -0.05) is 0 Å². The molecule has 0 saturated heterocycles. The van der Waals surface area contributed by atoms with Crippen LogP contribution in [0.15, 0.2) is 59.3 Å². The highest BCUT2D eigenvalue weighted by Gasteiger charge is 2.20. The highest BCUT2D eigenvalue weighted by molar-refractivity contribution is 6.03. The summed E-state index contributed by atoms with van der Waals surface area (Å²) < 4.78 is 18.2. The molecule has 8 heteroatoms. The Morgan fingerprint density at radius 3 is 2.71 bits per heavy atom. The van der Waals surface area contributed by atoms with Crippen LogP contribution < -0.4 is 4.74 Å². The van der Waals surface area contributed by atoms with Gasteiger partial charge in [-0.3, -0.25) is 0 Å². The van der Waals surface area contributed by atoms with E-state index in [0.29, 0.717) is 39.4 Å². The number of furan rings is 1. The van der Waals surface area contributed by atoms with Crippen molar-refractivity contribution in [3.05, 3.63) is 66.1 Å². The smallest absolute Gasteiger partial charge is 0.339 e. The second kappa shape index (κ2) is 8.71. The van der Waals surface area contributed by atoms with Crippen molar-refractivity contribution < 1.29 is 18.7 Å². The molecule has 156 valence electrons. The fraction of sp³-hybridized carbons (Fsp3) is 0.217. The first-order valence-electron chi connectivity index (χ1n) is 9.79. The second-order valence-electron chi connectivity index (χ2n) is 7.07. The van der Waals surface area contributed by atoms with Crippen LogP contribution in [0.3, 0.4) is 0 Å². The topological polar surface area (TPSA) is 103 Å². The number of nitrogens with zero attached hydrogens (tertiary/aromatic N) is 4. The normalized spacial score (nSPS) is 10.9. The van der Waals surface area contributed by atoms with E-state index < -0.39 is 5.97 Å². The fourth-order valence-corrected chi connectivity index (χ4v) is 3.11. The number of aromatic nitrogens is 3. The Labute approximate surface area is 178 Å². The van der Waals surface area contributed by atoms with Gasteiger partial charge >= 0.3 is 5.97 Å². The van der Waals surface area contributed by atoms with E-state index in [1.807, 2.05) is 19.9 Å². The number of hydrogen-bond donors (Lipinski definition) is 0. The number of carbonyl (C=O) groups is 1. The zero-order chi connectivity index (χ0) is 21.8. The number of rotatable bonds is 7. The van der Waals surface area contributed by atoms with Crippen molar-refractivity contribution in [1.29, 1.82) is 5.26 Å². The average Bonchev–Trinajstić information content (AvgIpc) is 3.46. The number of pyridine rings is 1. The zero-order valence-electron chi connectivity index (χ0n) is 17.1. The summed E-state index contributed by atoms with van der Waals surface area (Å²) in [6, 6.07) is 14.0. The zero-order valence-corrected chi connectivity index (χ0v) is 17.1. The third-order valence-corrected chi connectivity index (χ3v) is 4.62. The molecule has 0 radical (unpaired) electrons. The van der Waals surface area contributed by atoms with Crippen molar-refractivity contribution in [2.75, 3.05) is 13.2 Å². The number of nitriles is 1. The monoisotopic (exact) mass is 416 g/mol. The van der Waals surface area contributed by atoms with Crippen LogP contribution in [-0.2, 0) is 4.74 Å². The van der Waals surface area contributed by atoms with Gasteiger partial charge in [0.25, 0.3) is 0 Å². The van der Waals surface area contributed by atoms with Crippen LogP contribution >= 0.6 is 0 Å². The molecular weight excluding hydrogens is 396 g/mol. The van der Waals surface area contributed by atoms with Gasteiger partial charge in [0, 0.05) is 6.04 Å². The van der Waals surface area contributed by atoms with Gasteiger partial charge in [0.05, 0.1) is 35.0 Å². The molecule has 0 bridgehead atoms. The number of carbonyl (C=O) groups excluding carboxylic acids is 1. The Balaban J connectivity index is 1.52. The fourth-order valence-electron chi connectivity index (χ4n) is 3.11. The number of ether oxygens (including phenoxy) is 2. The van der Waals surface area contributed by atoms with Crippen molar-refractivity contribution in [3.8, 4) is 23.3 Å². The average molecular weight is 416 g/mol. The highest BCUT2D eigenvalue weighted by Crippen LogP contribution is 2.27. The summed E-state index contributed by atoms with van der Waals surface area (Å²) in [4.78, 5) is 17.5. The lowest BCUT2D eigenvalue weighted by atomic mass is 10.1. The SMILES string of the molecule is CC(C)n1ncc2c(C(=O)OCCOc3ccc(C#N)cc3)cc(-c3ccco3)nc21. The van der Waals surface area contributed by atoms with E-state index in [1.54, 1.807) is 59.6 Å². The molecule has 0 aliphatic rings. The highest BCUT2D eigenvalue weighted by atomic mass is 16.6. The van der Waals surface area contributed by atoms with Crippen molar-refractivity contribution in [3.63, 3.8) is 0 Å². The minimum atomic E-state index is -0.494. The van der Waals surface area contributed by atoms with Gasteiger partial charge in [-0.2, -0.15) is 10.4 Å². The lowest BCUT2D eigenvalue weighted by molar-refractivity contribution is 0.0452. The van der Waals surface area contributed by atoms with Gasteiger partial charge in [-0.25, -0.2) is 14.5 Å². The maximum atomic E-state index is 12.8. The molecule has 0 aliphatic heterocycles. The van der Waals surface area contributed by atoms with Crippen molar-refractivity contribution in [1.82, 2.24) is 14.8 Å². The van der Waals surface area contributed by atoms with E-state index in [-0.39, 0.29) is 19.3 Å². The molecule has 0 N–H and O–H groups in total. The molecular formula is C23H20N4O4. The molecule has 0 fully saturated rings. The summed E-state index contributed by atoms with van der Waals surface area (Å²) >= 11 is 0. The van der Waals surface area contributed by atoms with Gasteiger partial charge in [0.1, 0.15) is 24.7 Å². The number of hydrogen-bond acceptors (Lipinski definition) is 7. The molecule has 3 aromatic heterocycles. The van der Waals surface area contributed by atoms with Crippen molar-refractivity contribution in [2.24, 2.45) is 0 Å². The Morgan fingerprint density at radius 2 is 2.03 bits per heavy atom. The Kier molecular flexibility index (Phi) is 5.67. The predicted molar refractivity (Wildman–Crippen MR) is 113 cm³/mol. The van der Waals surface area contributed by atoms with Crippen LogP contribution in [0.1, 0.15) is 35.8 Å². The van der Waals surface area contributed by atoms with Gasteiger partial charge < -0.3 is 13.9 Å². The van der Waals surface area contributed by atoms with E-state index in [1.165, 1.54) is 0 Å². The van der Waals surface area contributed by atoms with E-state index >= 15 is 0 Å². The lowest BCUT2D eigenvalue weighted by Gasteiger charge is -2.10. The lowest BCUT2D eigenvalue weighted by Crippen LogP contribution is -2.13. The van der Waals surface area contributed by atoms with Crippen LogP contribution in [0.25, 0.3) is 22.5 Å². The molecule has 4 rings (SSSR count). The van der Waals surface area contributed by atoms with Crippen molar-refractivity contribution in [2.45, 2.75) is 19.9 Å². The molecule has 4 aromatic rings. The number of fused-ring (bicyclic) bond motifs is 1. The third kappa shape index (κ3) is 4.26. The van der Waals surface area contributed by atoms with E-state index in [2.05, 4.69) is 10.1 Å². The minimum absolute atomic E-state index is 0.0665. The molecule has 3 heterocycles. The molecule has 8 nitrogen and oxygen atoms in total. The van der Waals surface area contributed by atoms with Gasteiger partial charge in [-0.15, -0.1) is 0 Å². The van der Waals surface area contributed by atoms with Gasteiger partial charge in [0.15, 0.2) is 11.4 Å². The summed E-state index contributed by atoms with van der Waals surface area (Å²) in [5.74, 6) is 0.656. The van der Waals surface area contributed by atoms with E-state index in [9.17, 15) is 4.79 Å². The third-order valence-electron chi connectivity index (χ3n) is 4.62. The maximum Gasteiger partial charge on any atom is 0.339 e. The molecule has 31 heavy (non-hydrogen) atoms. The Hall–Kier alpha value is -4.12. The molecule has 0 aliphatic carbocycles. The first-order valence-corrected chi connectivity index (χ1v) is 9.79. The molecule has 0 atom stereocenters. The summed E-state index contributed by atoms with van der Waals surface area (Å²) in [6.07, 6.45) is 3.18. The van der Waals surface area contributed by atoms with Crippen LogP contribution in [0.5, 0.6) is 5.75 Å². The summed E-state index contributed by atoms with van der Waals surface area (Å²) in [6.45, 7) is 4.23. The molecule has 1 aromatic carbocycles. The maximum absolute atomic E-state index is 12.8. The summed E-state index contributed by atoms with van der Waals surface area (Å²) in [5.41, 5.74) is 2.03. The predicted octanol–water partition coefficient (Wildman–Crippen LogP) is 4.38. The molecule has 0 spiro atoms. The van der Waals surface area contributed by atoms with Crippen LogP contribution in [0.2, 0.25) is 0 Å². The Bertz CT molecular complexity index is 1240. The Morgan fingerprint density at radius 1 is 1.23 bits per heavy atom. The standard InChI is InChI=1S/C23H20N4O4/c1-15(2)27-22-19(14-25-27)18(12-20(26-22)21-4-3-9-30-21)23(28)31-11-10-29-17-7-5-16(13-24)6-8-17/h3-9,12,14-15H,10-11H2,1-2H3. The first-order chi connectivity index (χ1) is 15.1. The molecule has 0 saturated carbocycles. The summed E-state index contributed by atoms with van der Waals surface area (Å²) in [7, 11) is 0. The molecule has 0 amide bonds. The first kappa shape index (κ1) is 20.2. The van der Waals surface area contributed by atoms with E-state index in [0.717, 1.165) is 0 Å². The minimum Gasteiger partial charge on any atom is -0.490 e. The second-order valence-corrected chi connectivity index (χ2v) is 7.07. The van der Waals surface area contributed by atoms with Gasteiger partial charge in [0.2, 0.25) is 0 Å². The number of benzene rings is 1. The number of esters is 1. The van der Waals surface area contributed by atoms with Crippen molar-refractivity contribution >= 4 is 17.0 Å². The van der Waals surface area contributed by atoms with Gasteiger partial charge in [-0.05, 0) is 56.3 Å². The van der Waals surface area contributed by atoms with Crippen LogP contribution in [-0.4, -0.2) is 33.9 Å². The summed E-state index contributed by atoms with van der Waals surface area (Å²) in [5, 5.41) is 13.8. The van der Waals surface area contributed by atoms with Crippen LogP contribution in [0.4, 0.5) is 0 Å². The van der Waals surface area contributed by atoms with Crippen LogP contribution in [0, 0.1) is 11.3 Å². The largest absolute Gasteiger partial charge is 0.490 e. The van der Waals surface area contributed by atoms with E-state index in [4.69, 9.17) is 19.2 Å².